The number of halogens is 2. The second-order valence-electron chi connectivity index (χ2n) is 5.79. The van der Waals surface area contributed by atoms with Gasteiger partial charge < -0.3 is 5.32 Å². The van der Waals surface area contributed by atoms with Crippen molar-refractivity contribution in [2.75, 3.05) is 5.32 Å². The monoisotopic (exact) mass is 329 g/mol. The van der Waals surface area contributed by atoms with Crippen molar-refractivity contribution in [3.05, 3.63) is 16.1 Å². The lowest BCUT2D eigenvalue weighted by atomic mass is 9.79. The van der Waals surface area contributed by atoms with Gasteiger partial charge in [0, 0.05) is 6.04 Å². The fourth-order valence-electron chi connectivity index (χ4n) is 2.89. The fraction of sp³-hybridized carbons (Fsp3) is 0.571. The highest BCUT2D eigenvalue weighted by Gasteiger charge is 2.26. The molecule has 0 bridgehead atoms. The van der Waals surface area contributed by atoms with E-state index in [1.165, 1.54) is 31.0 Å². The molecule has 3 nitrogen and oxygen atoms in total. The summed E-state index contributed by atoms with van der Waals surface area (Å²) in [6.07, 6.45) is 3.59. The molecule has 1 heterocycles. The molecule has 0 spiro atoms. The number of rotatable bonds is 2. The van der Waals surface area contributed by atoms with E-state index in [-0.39, 0.29) is 0 Å². The number of anilines is 1. The topological polar surface area (TPSA) is 37.8 Å². The van der Waals surface area contributed by atoms with Crippen molar-refractivity contribution in [2.24, 2.45) is 11.8 Å². The van der Waals surface area contributed by atoms with Crippen LogP contribution in [0, 0.1) is 11.8 Å². The Bertz CT molecular complexity index is 628. The zero-order valence-corrected chi connectivity index (χ0v) is 13.8. The number of aromatic nitrogens is 2. The predicted octanol–water partition coefficient (Wildman–Crippen LogP) is 5.23. The third-order valence-electron chi connectivity index (χ3n) is 4.39. The van der Waals surface area contributed by atoms with Crippen molar-refractivity contribution in [2.45, 2.75) is 39.2 Å². The standard InChI is InChI=1S/C14H17Cl2N3S/c1-7-3-4-9(5-8(7)2)17-12-10(15)6-11(16)13-14(12)19-20-18-13/h6-9,17H,3-5H2,1-2H3. The predicted molar refractivity (Wildman–Crippen MR) is 87.0 cm³/mol. The van der Waals surface area contributed by atoms with Gasteiger partial charge >= 0.3 is 0 Å². The van der Waals surface area contributed by atoms with Gasteiger partial charge in [-0.1, -0.05) is 37.0 Å². The quantitative estimate of drug-likeness (QED) is 0.819. The normalized spacial score (nSPS) is 26.9. The van der Waals surface area contributed by atoms with Gasteiger partial charge in [0.15, 0.2) is 0 Å². The van der Waals surface area contributed by atoms with Gasteiger partial charge in [-0.25, -0.2) is 0 Å². The molecule has 6 heteroatoms. The minimum atomic E-state index is 0.449. The number of fused-ring (bicyclic) bond motifs is 1. The molecular formula is C14H17Cl2N3S. The molecule has 1 N–H and O–H groups in total. The maximum Gasteiger partial charge on any atom is 0.130 e. The first-order valence-electron chi connectivity index (χ1n) is 6.93. The summed E-state index contributed by atoms with van der Waals surface area (Å²) in [6.45, 7) is 4.65. The van der Waals surface area contributed by atoms with Gasteiger partial charge in [-0.05, 0) is 37.2 Å². The van der Waals surface area contributed by atoms with Crippen LogP contribution in [-0.2, 0) is 0 Å². The zero-order valence-electron chi connectivity index (χ0n) is 11.5. The highest BCUT2D eigenvalue weighted by Crippen LogP contribution is 2.38. The van der Waals surface area contributed by atoms with E-state index in [4.69, 9.17) is 23.2 Å². The van der Waals surface area contributed by atoms with Crippen LogP contribution in [0.3, 0.4) is 0 Å². The number of hydrogen-bond donors (Lipinski definition) is 1. The molecule has 0 amide bonds. The Morgan fingerprint density at radius 2 is 1.85 bits per heavy atom. The van der Waals surface area contributed by atoms with Crippen molar-refractivity contribution >= 4 is 51.7 Å². The molecule has 0 saturated heterocycles. The lowest BCUT2D eigenvalue weighted by Crippen LogP contribution is -2.30. The van der Waals surface area contributed by atoms with Gasteiger partial charge in [-0.3, -0.25) is 0 Å². The van der Waals surface area contributed by atoms with Gasteiger partial charge in [-0.2, -0.15) is 8.75 Å². The van der Waals surface area contributed by atoms with Crippen molar-refractivity contribution in [3.63, 3.8) is 0 Å². The molecular weight excluding hydrogens is 313 g/mol. The minimum Gasteiger partial charge on any atom is -0.379 e. The van der Waals surface area contributed by atoms with Crippen LogP contribution >= 0.6 is 34.9 Å². The highest BCUT2D eigenvalue weighted by atomic mass is 35.5. The van der Waals surface area contributed by atoms with Crippen molar-refractivity contribution < 1.29 is 0 Å². The Morgan fingerprint density at radius 3 is 2.60 bits per heavy atom. The van der Waals surface area contributed by atoms with Crippen LogP contribution < -0.4 is 5.32 Å². The first-order valence-corrected chi connectivity index (χ1v) is 8.41. The third kappa shape index (κ3) is 2.61. The van der Waals surface area contributed by atoms with E-state index in [9.17, 15) is 0 Å². The Morgan fingerprint density at radius 1 is 1.10 bits per heavy atom. The third-order valence-corrected chi connectivity index (χ3v) is 5.51. The van der Waals surface area contributed by atoms with E-state index in [0.717, 1.165) is 28.6 Å². The molecule has 1 saturated carbocycles. The van der Waals surface area contributed by atoms with E-state index in [1.807, 2.05) is 0 Å². The van der Waals surface area contributed by atoms with Crippen LogP contribution in [0.5, 0.6) is 0 Å². The van der Waals surface area contributed by atoms with Crippen LogP contribution in [0.1, 0.15) is 33.1 Å². The van der Waals surface area contributed by atoms with Crippen LogP contribution in [0.25, 0.3) is 11.0 Å². The summed E-state index contributed by atoms with van der Waals surface area (Å²) in [7, 11) is 0. The van der Waals surface area contributed by atoms with Crippen LogP contribution in [-0.4, -0.2) is 14.8 Å². The number of nitrogens with one attached hydrogen (secondary N) is 1. The summed E-state index contributed by atoms with van der Waals surface area (Å²) in [5, 5.41) is 4.76. The molecule has 0 aliphatic heterocycles. The molecule has 1 fully saturated rings. The maximum atomic E-state index is 6.34. The molecule has 3 unspecified atom stereocenters. The molecule has 108 valence electrons. The Labute approximate surface area is 133 Å². The van der Waals surface area contributed by atoms with Gasteiger partial charge in [0.05, 0.1) is 27.5 Å². The molecule has 1 aliphatic carbocycles. The van der Waals surface area contributed by atoms with E-state index in [1.54, 1.807) is 6.07 Å². The summed E-state index contributed by atoms with van der Waals surface area (Å²) >= 11 is 13.7. The van der Waals surface area contributed by atoms with Crippen molar-refractivity contribution in [1.29, 1.82) is 0 Å². The number of benzene rings is 1. The summed E-state index contributed by atoms with van der Waals surface area (Å²) in [5.41, 5.74) is 2.41. The smallest absolute Gasteiger partial charge is 0.130 e. The summed E-state index contributed by atoms with van der Waals surface area (Å²) < 4.78 is 8.58. The molecule has 1 aromatic carbocycles. The van der Waals surface area contributed by atoms with E-state index >= 15 is 0 Å². The van der Waals surface area contributed by atoms with Crippen molar-refractivity contribution in [1.82, 2.24) is 8.75 Å². The molecule has 2 aromatic rings. The van der Waals surface area contributed by atoms with Crippen LogP contribution in [0.4, 0.5) is 5.69 Å². The number of nitrogens with zero attached hydrogens (tertiary/aromatic N) is 2. The molecule has 1 aromatic heterocycles. The first kappa shape index (κ1) is 14.4. The fourth-order valence-corrected chi connectivity index (χ4v) is 4.06. The Hall–Kier alpha value is -0.580. The zero-order chi connectivity index (χ0) is 14.3. The van der Waals surface area contributed by atoms with E-state index in [2.05, 4.69) is 27.9 Å². The average Bonchev–Trinajstić information content (AvgIpc) is 2.88. The van der Waals surface area contributed by atoms with Gasteiger partial charge in [-0.15, -0.1) is 0 Å². The highest BCUT2D eigenvalue weighted by molar-refractivity contribution is 7.00. The van der Waals surface area contributed by atoms with Crippen molar-refractivity contribution in [3.8, 4) is 0 Å². The minimum absolute atomic E-state index is 0.449. The summed E-state index contributed by atoms with van der Waals surface area (Å²) in [4.78, 5) is 0. The maximum absolute atomic E-state index is 6.34. The summed E-state index contributed by atoms with van der Waals surface area (Å²) in [5.74, 6) is 1.53. The Kier molecular flexibility index (Phi) is 4.07. The molecule has 1 aliphatic rings. The van der Waals surface area contributed by atoms with Gasteiger partial charge in [0.1, 0.15) is 11.0 Å². The molecule has 0 radical (unpaired) electrons. The second kappa shape index (κ2) is 5.66. The first-order chi connectivity index (χ1) is 9.56. The SMILES string of the molecule is CC1CCC(Nc2c(Cl)cc(Cl)c3nsnc23)CC1C. The average molecular weight is 330 g/mol. The summed E-state index contributed by atoms with van der Waals surface area (Å²) in [6, 6.07) is 2.20. The molecule has 20 heavy (non-hydrogen) atoms. The second-order valence-corrected chi connectivity index (χ2v) is 7.13. The largest absolute Gasteiger partial charge is 0.379 e. The van der Waals surface area contributed by atoms with Gasteiger partial charge in [0.2, 0.25) is 0 Å². The van der Waals surface area contributed by atoms with E-state index < -0.39 is 0 Å². The molecule has 3 rings (SSSR count). The lowest BCUT2D eigenvalue weighted by Gasteiger charge is -2.33. The van der Waals surface area contributed by atoms with Crippen LogP contribution in [0.15, 0.2) is 6.07 Å². The van der Waals surface area contributed by atoms with E-state index in [0.29, 0.717) is 16.1 Å². The molecule has 3 atom stereocenters. The Balaban J connectivity index is 1.89. The van der Waals surface area contributed by atoms with Crippen LogP contribution in [0.2, 0.25) is 10.0 Å². The lowest BCUT2D eigenvalue weighted by molar-refractivity contribution is 0.261. The van der Waals surface area contributed by atoms with Gasteiger partial charge in [0.25, 0.3) is 0 Å². The number of hydrogen-bond acceptors (Lipinski definition) is 4.